The van der Waals surface area contributed by atoms with E-state index in [-0.39, 0.29) is 0 Å². The number of fused-ring (bicyclic) bond motifs is 12. The first-order chi connectivity index (χ1) is 17.3. The molecule has 0 fully saturated rings. The molecule has 0 N–H and O–H groups in total. The Balaban J connectivity index is 1.34. The van der Waals surface area contributed by atoms with Crippen LogP contribution in [-0.2, 0) is 25.7 Å². The fourth-order valence-electron chi connectivity index (χ4n) is 7.24. The number of aromatic nitrogens is 1. The summed E-state index contributed by atoms with van der Waals surface area (Å²) in [7, 11) is 0. The van der Waals surface area contributed by atoms with Crippen molar-refractivity contribution in [2.45, 2.75) is 25.7 Å². The molecule has 2 nitrogen and oxygen atoms in total. The van der Waals surface area contributed by atoms with E-state index in [2.05, 4.69) is 88.9 Å². The number of para-hydroxylation sites is 1. The summed E-state index contributed by atoms with van der Waals surface area (Å²) in [5.74, 6) is 0. The third kappa shape index (κ3) is 2.23. The van der Waals surface area contributed by atoms with Gasteiger partial charge in [-0.15, -0.1) is 0 Å². The number of benzene rings is 4. The molecule has 4 aromatic carbocycles. The van der Waals surface area contributed by atoms with Crippen molar-refractivity contribution in [1.29, 1.82) is 0 Å². The maximum Gasteiger partial charge on any atom is 0.0680 e. The minimum Gasteiger partial charge on any atom is -0.308 e. The minimum absolute atomic E-state index is 0.967. The lowest BCUT2D eigenvalue weighted by Gasteiger charge is -2.40. The van der Waals surface area contributed by atoms with Crippen molar-refractivity contribution in [3.8, 4) is 22.3 Å². The Bertz CT molecular complexity index is 1750. The Labute approximate surface area is 204 Å². The monoisotopic (exact) mass is 446 g/mol. The molecular formula is C33H22N2. The first-order valence-corrected chi connectivity index (χ1v) is 12.6. The van der Waals surface area contributed by atoms with Crippen LogP contribution in [0.3, 0.4) is 0 Å². The van der Waals surface area contributed by atoms with E-state index in [9.17, 15) is 0 Å². The van der Waals surface area contributed by atoms with E-state index in [1.165, 1.54) is 83.8 Å². The number of anilines is 3. The van der Waals surface area contributed by atoms with Crippen LogP contribution in [-0.4, -0.2) is 4.98 Å². The van der Waals surface area contributed by atoms with Crippen molar-refractivity contribution in [3.63, 3.8) is 0 Å². The lowest BCUT2D eigenvalue weighted by molar-refractivity contribution is 0.998. The van der Waals surface area contributed by atoms with Gasteiger partial charge in [0.15, 0.2) is 0 Å². The van der Waals surface area contributed by atoms with E-state index < -0.39 is 0 Å². The molecule has 1 aromatic heterocycles. The molecule has 0 radical (unpaired) electrons. The maximum absolute atomic E-state index is 4.52. The average molecular weight is 447 g/mol. The Kier molecular flexibility index (Phi) is 3.27. The number of pyridine rings is 1. The Morgan fingerprint density at radius 3 is 2.29 bits per heavy atom. The molecule has 0 unspecified atom stereocenters. The summed E-state index contributed by atoms with van der Waals surface area (Å²) in [5, 5.41) is 0. The largest absolute Gasteiger partial charge is 0.308 e. The van der Waals surface area contributed by atoms with Crippen LogP contribution in [0.2, 0.25) is 0 Å². The second kappa shape index (κ2) is 6.28. The van der Waals surface area contributed by atoms with Gasteiger partial charge in [-0.1, -0.05) is 60.7 Å². The van der Waals surface area contributed by atoms with E-state index in [1.807, 2.05) is 6.20 Å². The van der Waals surface area contributed by atoms with Gasteiger partial charge >= 0.3 is 0 Å². The van der Waals surface area contributed by atoms with Crippen LogP contribution in [0.25, 0.3) is 22.3 Å². The van der Waals surface area contributed by atoms with Crippen LogP contribution < -0.4 is 4.90 Å². The average Bonchev–Trinajstić information content (AvgIpc) is 3.46. The molecule has 35 heavy (non-hydrogen) atoms. The van der Waals surface area contributed by atoms with Gasteiger partial charge in [0.1, 0.15) is 0 Å². The maximum atomic E-state index is 4.52. The quantitative estimate of drug-likeness (QED) is 0.240. The molecule has 0 spiro atoms. The molecular weight excluding hydrogens is 424 g/mol. The van der Waals surface area contributed by atoms with Crippen molar-refractivity contribution in [3.05, 3.63) is 130 Å². The van der Waals surface area contributed by atoms with Crippen LogP contribution in [0.1, 0.15) is 44.5 Å². The Morgan fingerprint density at radius 1 is 0.543 bits per heavy atom. The fraction of sp³-hybridized carbons (Fsp3) is 0.121. The number of hydrogen-bond acceptors (Lipinski definition) is 2. The SMILES string of the molecule is c1ccc2c(c1)Cc1ccc3c(c1-2)Cc1cc2c4c(c1-3)Cc1ccncc1N4c1ccccc1C2. The van der Waals surface area contributed by atoms with E-state index in [0.717, 1.165) is 25.7 Å². The van der Waals surface area contributed by atoms with Crippen molar-refractivity contribution in [2.75, 3.05) is 4.90 Å². The predicted octanol–water partition coefficient (Wildman–Crippen LogP) is 7.50. The first-order valence-electron chi connectivity index (χ1n) is 12.6. The summed E-state index contributed by atoms with van der Waals surface area (Å²) in [6, 6.07) is 27.4. The van der Waals surface area contributed by atoms with Gasteiger partial charge in [-0.25, -0.2) is 0 Å². The Hall–Kier alpha value is -4.17. The summed E-state index contributed by atoms with van der Waals surface area (Å²) in [6.07, 6.45) is 8.05. The van der Waals surface area contributed by atoms with Gasteiger partial charge in [-0.3, -0.25) is 4.98 Å². The van der Waals surface area contributed by atoms with E-state index >= 15 is 0 Å². The van der Waals surface area contributed by atoms with Gasteiger partial charge in [0, 0.05) is 24.7 Å². The molecule has 164 valence electrons. The second-order valence-electron chi connectivity index (χ2n) is 10.4. The molecule has 0 bridgehead atoms. The van der Waals surface area contributed by atoms with E-state index in [4.69, 9.17) is 0 Å². The molecule has 9 rings (SSSR count). The summed E-state index contributed by atoms with van der Waals surface area (Å²) in [6.45, 7) is 0. The highest BCUT2D eigenvalue weighted by atomic mass is 15.2. The van der Waals surface area contributed by atoms with Crippen LogP contribution in [0.15, 0.2) is 85.2 Å². The molecule has 0 atom stereocenters. The lowest BCUT2D eigenvalue weighted by atomic mass is 9.82. The molecule has 0 saturated heterocycles. The van der Waals surface area contributed by atoms with E-state index in [0.29, 0.717) is 0 Å². The van der Waals surface area contributed by atoms with Crippen LogP contribution >= 0.6 is 0 Å². The predicted molar refractivity (Wildman–Crippen MR) is 141 cm³/mol. The number of nitrogens with zero attached hydrogens (tertiary/aromatic N) is 2. The zero-order valence-electron chi connectivity index (χ0n) is 19.3. The standard InChI is InChI=1S/C33H22N2/c1-3-7-25-19(5-1)13-22-9-10-26-27(31(22)25)17-23-15-24-14-20-6-2-4-8-29(20)35-30-18-34-12-11-21(30)16-28(32(23)26)33(24)35/h1-12,15,18H,13-14,16-17H2. The van der Waals surface area contributed by atoms with Crippen LogP contribution in [0, 0.1) is 0 Å². The summed E-state index contributed by atoms with van der Waals surface area (Å²) >= 11 is 0. The lowest BCUT2D eigenvalue weighted by Crippen LogP contribution is -2.25. The highest BCUT2D eigenvalue weighted by Crippen LogP contribution is 2.56. The van der Waals surface area contributed by atoms with E-state index in [1.54, 1.807) is 0 Å². The Morgan fingerprint density at radius 2 is 1.31 bits per heavy atom. The van der Waals surface area contributed by atoms with Crippen molar-refractivity contribution in [1.82, 2.24) is 4.98 Å². The molecule has 2 heteroatoms. The summed E-state index contributed by atoms with van der Waals surface area (Å²) < 4.78 is 0. The molecule has 4 aliphatic rings. The molecule has 2 aliphatic carbocycles. The van der Waals surface area contributed by atoms with Crippen molar-refractivity contribution >= 4 is 17.1 Å². The zero-order valence-corrected chi connectivity index (χ0v) is 19.3. The topological polar surface area (TPSA) is 16.1 Å². The minimum atomic E-state index is 0.967. The van der Waals surface area contributed by atoms with Gasteiger partial charge in [-0.05, 0) is 91.7 Å². The van der Waals surface area contributed by atoms with Gasteiger partial charge < -0.3 is 4.90 Å². The highest BCUT2D eigenvalue weighted by Gasteiger charge is 2.37. The zero-order chi connectivity index (χ0) is 22.7. The molecule has 0 saturated carbocycles. The normalized spacial score (nSPS) is 14.9. The smallest absolute Gasteiger partial charge is 0.0680 e. The summed E-state index contributed by atoms with van der Waals surface area (Å²) in [5.41, 5.74) is 21.5. The second-order valence-corrected chi connectivity index (χ2v) is 10.4. The van der Waals surface area contributed by atoms with Gasteiger partial charge in [0.2, 0.25) is 0 Å². The van der Waals surface area contributed by atoms with Gasteiger partial charge in [0.25, 0.3) is 0 Å². The van der Waals surface area contributed by atoms with Crippen molar-refractivity contribution < 1.29 is 0 Å². The molecule has 3 heterocycles. The van der Waals surface area contributed by atoms with Crippen LogP contribution in [0.4, 0.5) is 17.1 Å². The molecule has 2 aliphatic heterocycles. The first kappa shape index (κ1) is 18.2. The van der Waals surface area contributed by atoms with Crippen LogP contribution in [0.5, 0.6) is 0 Å². The van der Waals surface area contributed by atoms with Gasteiger partial charge in [0.05, 0.1) is 17.6 Å². The number of rotatable bonds is 0. The highest BCUT2D eigenvalue weighted by molar-refractivity contribution is 5.97. The fourth-order valence-corrected chi connectivity index (χ4v) is 7.24. The third-order valence-corrected chi connectivity index (χ3v) is 8.60. The molecule has 5 aromatic rings. The van der Waals surface area contributed by atoms with Crippen molar-refractivity contribution in [2.24, 2.45) is 0 Å². The molecule has 0 amide bonds. The van der Waals surface area contributed by atoms with Gasteiger partial charge in [-0.2, -0.15) is 0 Å². The number of hydrogen-bond donors (Lipinski definition) is 0. The third-order valence-electron chi connectivity index (χ3n) is 8.60. The summed E-state index contributed by atoms with van der Waals surface area (Å²) in [4.78, 5) is 7.02.